The lowest BCUT2D eigenvalue weighted by Gasteiger charge is -2.09. The van der Waals surface area contributed by atoms with Crippen molar-refractivity contribution in [2.75, 3.05) is 7.05 Å². The van der Waals surface area contributed by atoms with Gasteiger partial charge in [0.05, 0.1) is 0 Å². The highest BCUT2D eigenvalue weighted by atomic mass is 19.3. The van der Waals surface area contributed by atoms with Crippen molar-refractivity contribution in [3.63, 3.8) is 0 Å². The van der Waals surface area contributed by atoms with E-state index in [1.807, 2.05) is 13.8 Å². The molecular weight excluding hydrogens is 216 g/mol. The van der Waals surface area contributed by atoms with Crippen LogP contribution in [0.3, 0.4) is 0 Å². The van der Waals surface area contributed by atoms with Crippen molar-refractivity contribution in [1.82, 2.24) is 15.3 Å². The molecule has 0 saturated heterocycles. The van der Waals surface area contributed by atoms with E-state index >= 15 is 0 Å². The second-order valence-corrected chi connectivity index (χ2v) is 3.57. The van der Waals surface area contributed by atoms with Gasteiger partial charge in [0.25, 0.3) is 12.3 Å². The molecule has 1 aromatic heterocycles. The quantitative estimate of drug-likeness (QED) is 0.861. The zero-order valence-electron chi connectivity index (χ0n) is 9.29. The van der Waals surface area contributed by atoms with Crippen LogP contribution in [0.15, 0.2) is 6.07 Å². The fourth-order valence-electron chi connectivity index (χ4n) is 1.12. The first kappa shape index (κ1) is 12.5. The lowest BCUT2D eigenvalue weighted by atomic mass is 10.1. The maximum Gasteiger partial charge on any atom is 0.297 e. The number of hydrogen-bond acceptors (Lipinski definition) is 3. The van der Waals surface area contributed by atoms with Gasteiger partial charge in [-0.25, -0.2) is 18.7 Å². The predicted molar refractivity (Wildman–Crippen MR) is 54.5 cm³/mol. The van der Waals surface area contributed by atoms with Crippen LogP contribution in [-0.4, -0.2) is 22.9 Å². The molecule has 1 aromatic rings. The molecule has 1 amide bonds. The Hall–Kier alpha value is -1.59. The van der Waals surface area contributed by atoms with Gasteiger partial charge in [0.1, 0.15) is 5.69 Å². The van der Waals surface area contributed by atoms with E-state index in [-0.39, 0.29) is 11.6 Å². The van der Waals surface area contributed by atoms with Crippen LogP contribution >= 0.6 is 0 Å². The Morgan fingerprint density at radius 1 is 1.38 bits per heavy atom. The number of amides is 1. The molecule has 1 rings (SSSR count). The Bertz CT molecular complexity index is 367. The molecule has 16 heavy (non-hydrogen) atoms. The number of hydrogen-bond donors (Lipinski definition) is 1. The number of aromatic nitrogens is 2. The Labute approximate surface area is 92.1 Å². The maximum atomic E-state index is 12.5. The van der Waals surface area contributed by atoms with Crippen LogP contribution in [0.1, 0.15) is 48.2 Å². The van der Waals surface area contributed by atoms with Gasteiger partial charge < -0.3 is 5.32 Å². The second-order valence-electron chi connectivity index (χ2n) is 3.57. The van der Waals surface area contributed by atoms with E-state index in [0.29, 0.717) is 5.69 Å². The highest BCUT2D eigenvalue weighted by Crippen LogP contribution is 2.19. The number of nitrogens with zero attached hydrogens (tertiary/aromatic N) is 2. The first-order chi connectivity index (χ1) is 7.45. The van der Waals surface area contributed by atoms with Crippen molar-refractivity contribution in [2.45, 2.75) is 26.2 Å². The first-order valence-electron chi connectivity index (χ1n) is 4.84. The number of alkyl halides is 2. The summed E-state index contributed by atoms with van der Waals surface area (Å²) in [7, 11) is 1.42. The number of halogens is 2. The molecule has 0 aliphatic carbocycles. The van der Waals surface area contributed by atoms with Gasteiger partial charge >= 0.3 is 0 Å². The summed E-state index contributed by atoms with van der Waals surface area (Å²) in [4.78, 5) is 18.5. The monoisotopic (exact) mass is 229 g/mol. The van der Waals surface area contributed by atoms with Crippen LogP contribution in [0.4, 0.5) is 8.78 Å². The van der Waals surface area contributed by atoms with Gasteiger partial charge in [-0.15, -0.1) is 0 Å². The van der Waals surface area contributed by atoms with Gasteiger partial charge in [-0.3, -0.25) is 4.79 Å². The SMILES string of the molecule is CNC(=O)c1cc(C(C)C)nc(C(F)F)n1. The molecule has 6 heteroatoms. The van der Waals surface area contributed by atoms with Crippen molar-refractivity contribution in [3.05, 3.63) is 23.3 Å². The molecule has 0 aliphatic heterocycles. The molecule has 0 atom stereocenters. The topological polar surface area (TPSA) is 54.9 Å². The Morgan fingerprint density at radius 3 is 2.44 bits per heavy atom. The normalized spacial score (nSPS) is 10.9. The van der Waals surface area contributed by atoms with E-state index in [9.17, 15) is 13.6 Å². The Kier molecular flexibility index (Phi) is 3.87. The molecule has 0 bridgehead atoms. The fourth-order valence-corrected chi connectivity index (χ4v) is 1.12. The molecule has 0 unspecified atom stereocenters. The third-order valence-corrected chi connectivity index (χ3v) is 2.01. The maximum absolute atomic E-state index is 12.5. The van der Waals surface area contributed by atoms with Crippen molar-refractivity contribution in [2.24, 2.45) is 0 Å². The van der Waals surface area contributed by atoms with Gasteiger partial charge in [0.2, 0.25) is 0 Å². The molecule has 0 spiro atoms. The summed E-state index contributed by atoms with van der Waals surface area (Å²) in [5.41, 5.74) is 0.403. The lowest BCUT2D eigenvalue weighted by Crippen LogP contribution is -2.21. The van der Waals surface area contributed by atoms with Crippen LogP contribution in [0.5, 0.6) is 0 Å². The molecule has 0 fully saturated rings. The van der Waals surface area contributed by atoms with Crippen LogP contribution < -0.4 is 5.32 Å². The van der Waals surface area contributed by atoms with Crippen molar-refractivity contribution in [1.29, 1.82) is 0 Å². The largest absolute Gasteiger partial charge is 0.354 e. The van der Waals surface area contributed by atoms with Gasteiger partial charge in [-0.2, -0.15) is 0 Å². The highest BCUT2D eigenvalue weighted by molar-refractivity contribution is 5.92. The predicted octanol–water partition coefficient (Wildman–Crippen LogP) is 1.90. The minimum absolute atomic E-state index is 0.0310. The minimum atomic E-state index is -2.78. The molecule has 0 saturated carbocycles. The lowest BCUT2D eigenvalue weighted by molar-refractivity contribution is 0.0954. The average molecular weight is 229 g/mol. The molecule has 0 radical (unpaired) electrons. The summed E-state index contributed by atoms with van der Waals surface area (Å²) in [5, 5.41) is 2.34. The molecule has 0 aromatic carbocycles. The Balaban J connectivity index is 3.24. The van der Waals surface area contributed by atoms with Crippen molar-refractivity contribution < 1.29 is 13.6 Å². The first-order valence-corrected chi connectivity index (χ1v) is 4.84. The minimum Gasteiger partial charge on any atom is -0.354 e. The van der Waals surface area contributed by atoms with Crippen LogP contribution in [0.25, 0.3) is 0 Å². The zero-order valence-corrected chi connectivity index (χ0v) is 9.29. The van der Waals surface area contributed by atoms with Crippen molar-refractivity contribution in [3.8, 4) is 0 Å². The number of nitrogens with one attached hydrogen (secondary N) is 1. The van der Waals surface area contributed by atoms with Crippen LogP contribution in [0.2, 0.25) is 0 Å². The van der Waals surface area contributed by atoms with Gasteiger partial charge in [0, 0.05) is 12.7 Å². The second kappa shape index (κ2) is 4.96. The summed E-state index contributed by atoms with van der Waals surface area (Å²) in [6, 6.07) is 1.43. The van der Waals surface area contributed by atoms with Crippen molar-refractivity contribution >= 4 is 5.91 Å². The fraction of sp³-hybridized carbons (Fsp3) is 0.500. The summed E-state index contributed by atoms with van der Waals surface area (Å²) in [6.45, 7) is 3.62. The number of rotatable bonds is 3. The molecule has 1 heterocycles. The van der Waals surface area contributed by atoms with E-state index in [1.165, 1.54) is 13.1 Å². The van der Waals surface area contributed by atoms with E-state index in [1.54, 1.807) is 0 Å². The van der Waals surface area contributed by atoms with Gasteiger partial charge in [0.15, 0.2) is 5.82 Å². The van der Waals surface area contributed by atoms with E-state index in [0.717, 1.165) is 0 Å². The number of carbonyl (C=O) groups excluding carboxylic acids is 1. The summed E-state index contributed by atoms with van der Waals surface area (Å²) >= 11 is 0. The Morgan fingerprint density at radius 2 is 2.00 bits per heavy atom. The summed E-state index contributed by atoms with van der Waals surface area (Å²) in [6.07, 6.45) is -2.78. The third-order valence-electron chi connectivity index (χ3n) is 2.01. The highest BCUT2D eigenvalue weighted by Gasteiger charge is 2.17. The number of carbonyl (C=O) groups is 1. The molecule has 1 N–H and O–H groups in total. The van der Waals surface area contributed by atoms with Gasteiger partial charge in [-0.1, -0.05) is 13.8 Å². The van der Waals surface area contributed by atoms with Crippen LogP contribution in [-0.2, 0) is 0 Å². The summed E-state index contributed by atoms with van der Waals surface area (Å²) < 4.78 is 25.0. The average Bonchev–Trinajstić information content (AvgIpc) is 2.27. The van der Waals surface area contributed by atoms with E-state index in [4.69, 9.17) is 0 Å². The molecule has 88 valence electrons. The zero-order chi connectivity index (χ0) is 12.3. The smallest absolute Gasteiger partial charge is 0.297 e. The molecular formula is C10H13F2N3O. The van der Waals surface area contributed by atoms with E-state index < -0.39 is 18.2 Å². The molecule has 0 aliphatic rings. The summed E-state index contributed by atoms with van der Waals surface area (Å²) in [5.74, 6) is -1.14. The molecule has 4 nitrogen and oxygen atoms in total. The standard InChI is InChI=1S/C10H13F2N3O/c1-5(2)6-4-7(10(16)13-3)15-9(14-6)8(11)12/h4-5,8H,1-3H3,(H,13,16). The third kappa shape index (κ3) is 2.71. The van der Waals surface area contributed by atoms with Crippen LogP contribution in [0, 0.1) is 0 Å². The van der Waals surface area contributed by atoms with Gasteiger partial charge in [-0.05, 0) is 12.0 Å². The van der Waals surface area contributed by atoms with E-state index in [2.05, 4.69) is 15.3 Å².